The van der Waals surface area contributed by atoms with Crippen LogP contribution in [-0.2, 0) is 24.4 Å². The van der Waals surface area contributed by atoms with Crippen LogP contribution in [0.1, 0.15) is 30.8 Å². The lowest BCUT2D eigenvalue weighted by Crippen LogP contribution is -2.15. The highest BCUT2D eigenvalue weighted by Gasteiger charge is 2.15. The SMILES string of the molecule is CCc1ccc(NC(=O)CSc2nnc(COc3ccc4ccccc4c3C)n2CC)cc1. The number of amides is 1. The molecule has 0 spiro atoms. The highest BCUT2D eigenvalue weighted by molar-refractivity contribution is 7.99. The summed E-state index contributed by atoms with van der Waals surface area (Å²) in [6, 6.07) is 20.2. The Hall–Kier alpha value is -3.32. The van der Waals surface area contributed by atoms with Crippen LogP contribution in [0.5, 0.6) is 5.75 Å². The normalized spacial score (nSPS) is 11.0. The van der Waals surface area contributed by atoms with Gasteiger partial charge in [-0.25, -0.2) is 0 Å². The van der Waals surface area contributed by atoms with Crippen LogP contribution in [0.2, 0.25) is 0 Å². The largest absolute Gasteiger partial charge is 0.485 e. The first-order valence-corrected chi connectivity index (χ1v) is 12.1. The molecule has 1 N–H and O–H groups in total. The Balaban J connectivity index is 1.37. The first kappa shape index (κ1) is 22.9. The summed E-state index contributed by atoms with van der Waals surface area (Å²) in [7, 11) is 0. The Morgan fingerprint density at radius 2 is 1.82 bits per heavy atom. The van der Waals surface area contributed by atoms with Crippen LogP contribution in [0.3, 0.4) is 0 Å². The van der Waals surface area contributed by atoms with Gasteiger partial charge in [-0.15, -0.1) is 10.2 Å². The third-order valence-electron chi connectivity index (χ3n) is 5.59. The molecule has 0 aliphatic carbocycles. The minimum absolute atomic E-state index is 0.0699. The molecule has 0 atom stereocenters. The van der Waals surface area contributed by atoms with E-state index in [0.717, 1.165) is 29.2 Å². The van der Waals surface area contributed by atoms with Gasteiger partial charge < -0.3 is 14.6 Å². The molecule has 0 unspecified atom stereocenters. The van der Waals surface area contributed by atoms with Crippen LogP contribution >= 0.6 is 11.8 Å². The number of fused-ring (bicyclic) bond motifs is 1. The van der Waals surface area contributed by atoms with E-state index < -0.39 is 0 Å². The number of thioether (sulfide) groups is 1. The van der Waals surface area contributed by atoms with E-state index in [9.17, 15) is 4.79 Å². The summed E-state index contributed by atoms with van der Waals surface area (Å²) < 4.78 is 8.09. The Labute approximate surface area is 198 Å². The average molecular weight is 461 g/mol. The molecule has 0 bridgehead atoms. The number of nitrogens with zero attached hydrogens (tertiary/aromatic N) is 3. The maximum absolute atomic E-state index is 12.4. The van der Waals surface area contributed by atoms with E-state index in [1.807, 2.05) is 54.0 Å². The van der Waals surface area contributed by atoms with Crippen LogP contribution in [0.25, 0.3) is 10.8 Å². The highest BCUT2D eigenvalue weighted by atomic mass is 32.2. The minimum atomic E-state index is -0.0699. The van der Waals surface area contributed by atoms with E-state index in [-0.39, 0.29) is 11.7 Å². The maximum atomic E-state index is 12.4. The molecule has 33 heavy (non-hydrogen) atoms. The smallest absolute Gasteiger partial charge is 0.234 e. The second-order valence-corrected chi connectivity index (χ2v) is 8.67. The minimum Gasteiger partial charge on any atom is -0.485 e. The Morgan fingerprint density at radius 3 is 2.58 bits per heavy atom. The molecule has 0 saturated heterocycles. The summed E-state index contributed by atoms with van der Waals surface area (Å²) in [6.07, 6.45) is 0.975. The van der Waals surface area contributed by atoms with Crippen molar-refractivity contribution >= 4 is 34.1 Å². The number of hydrogen-bond acceptors (Lipinski definition) is 5. The third kappa shape index (κ3) is 5.37. The van der Waals surface area contributed by atoms with Crippen molar-refractivity contribution in [3.8, 4) is 5.75 Å². The summed E-state index contributed by atoms with van der Waals surface area (Å²) in [6.45, 7) is 7.23. The number of rotatable bonds is 9. The van der Waals surface area contributed by atoms with Crippen LogP contribution in [-0.4, -0.2) is 26.4 Å². The van der Waals surface area contributed by atoms with E-state index >= 15 is 0 Å². The second-order valence-electron chi connectivity index (χ2n) is 7.73. The van der Waals surface area contributed by atoms with E-state index in [1.165, 1.54) is 28.1 Å². The van der Waals surface area contributed by atoms with Crippen molar-refractivity contribution in [2.45, 2.75) is 45.5 Å². The fraction of sp³-hybridized carbons (Fsp3) is 0.269. The van der Waals surface area contributed by atoms with Gasteiger partial charge in [0.2, 0.25) is 5.91 Å². The van der Waals surface area contributed by atoms with Crippen LogP contribution in [0.4, 0.5) is 5.69 Å². The van der Waals surface area contributed by atoms with Crippen molar-refractivity contribution in [1.29, 1.82) is 0 Å². The molecule has 6 nitrogen and oxygen atoms in total. The molecule has 0 aliphatic heterocycles. The number of hydrogen-bond donors (Lipinski definition) is 1. The number of aromatic nitrogens is 3. The summed E-state index contributed by atoms with van der Waals surface area (Å²) >= 11 is 1.38. The van der Waals surface area contributed by atoms with Crippen LogP contribution in [0, 0.1) is 6.92 Å². The van der Waals surface area contributed by atoms with Crippen molar-refractivity contribution in [1.82, 2.24) is 14.8 Å². The van der Waals surface area contributed by atoms with Gasteiger partial charge >= 0.3 is 0 Å². The van der Waals surface area contributed by atoms with Crippen LogP contribution in [0.15, 0.2) is 65.8 Å². The molecule has 4 aromatic rings. The van der Waals surface area contributed by atoms with Gasteiger partial charge in [-0.05, 0) is 60.4 Å². The zero-order valence-corrected chi connectivity index (χ0v) is 20.0. The molecular weight excluding hydrogens is 432 g/mol. The Bertz CT molecular complexity index is 1250. The lowest BCUT2D eigenvalue weighted by molar-refractivity contribution is -0.113. The fourth-order valence-corrected chi connectivity index (χ4v) is 4.53. The van der Waals surface area contributed by atoms with Gasteiger partial charge in [0.25, 0.3) is 0 Å². The lowest BCUT2D eigenvalue weighted by Gasteiger charge is -2.12. The van der Waals surface area contributed by atoms with Gasteiger partial charge in [0.1, 0.15) is 12.4 Å². The molecule has 1 aromatic heterocycles. The molecule has 0 fully saturated rings. The predicted molar refractivity (Wildman–Crippen MR) is 134 cm³/mol. The Morgan fingerprint density at radius 1 is 1.03 bits per heavy atom. The molecule has 3 aromatic carbocycles. The molecule has 170 valence electrons. The molecule has 0 saturated carbocycles. The van der Waals surface area contributed by atoms with Crippen molar-refractivity contribution in [2.24, 2.45) is 0 Å². The van der Waals surface area contributed by atoms with E-state index in [0.29, 0.717) is 18.3 Å². The molecule has 1 amide bonds. The predicted octanol–water partition coefficient (Wildman–Crippen LogP) is 5.63. The van der Waals surface area contributed by atoms with Gasteiger partial charge in [0.15, 0.2) is 11.0 Å². The molecule has 4 rings (SSSR count). The Kier molecular flexibility index (Phi) is 7.29. The molecule has 0 radical (unpaired) electrons. The molecule has 0 aliphatic rings. The highest BCUT2D eigenvalue weighted by Crippen LogP contribution is 2.28. The summed E-state index contributed by atoms with van der Waals surface area (Å²) in [5.41, 5.74) is 3.15. The zero-order chi connectivity index (χ0) is 23.2. The van der Waals surface area contributed by atoms with Gasteiger partial charge in [-0.3, -0.25) is 4.79 Å². The standard InChI is InChI=1S/C26H28N4O2S/c1-4-19-10-13-21(14-11-19)27-25(31)17-33-26-29-28-24(30(26)5-2)16-32-23-15-12-20-8-6-7-9-22(20)18(23)3/h6-15H,4-5,16-17H2,1-3H3,(H,27,31). The first-order chi connectivity index (χ1) is 16.1. The number of carbonyl (C=O) groups excluding carboxylic acids is 1. The monoisotopic (exact) mass is 460 g/mol. The van der Waals surface area contributed by atoms with E-state index in [2.05, 4.69) is 47.6 Å². The fourth-order valence-electron chi connectivity index (χ4n) is 3.71. The van der Waals surface area contributed by atoms with Crippen molar-refractivity contribution < 1.29 is 9.53 Å². The van der Waals surface area contributed by atoms with Gasteiger partial charge in [0, 0.05) is 12.2 Å². The average Bonchev–Trinajstić information content (AvgIpc) is 3.24. The quantitative estimate of drug-likeness (QED) is 0.328. The summed E-state index contributed by atoms with van der Waals surface area (Å²) in [4.78, 5) is 12.4. The maximum Gasteiger partial charge on any atom is 0.234 e. The summed E-state index contributed by atoms with van der Waals surface area (Å²) in [5, 5.41) is 14.6. The van der Waals surface area contributed by atoms with E-state index in [4.69, 9.17) is 4.74 Å². The first-order valence-electron chi connectivity index (χ1n) is 11.1. The van der Waals surface area contributed by atoms with Gasteiger partial charge in [-0.2, -0.15) is 0 Å². The number of benzene rings is 3. The van der Waals surface area contributed by atoms with Gasteiger partial charge in [-0.1, -0.05) is 61.2 Å². The number of aryl methyl sites for hydroxylation is 2. The lowest BCUT2D eigenvalue weighted by atomic mass is 10.0. The molecule has 7 heteroatoms. The van der Waals surface area contributed by atoms with Crippen molar-refractivity contribution in [3.05, 3.63) is 77.6 Å². The molecular formula is C26H28N4O2S. The number of nitrogens with one attached hydrogen (secondary N) is 1. The van der Waals surface area contributed by atoms with Crippen LogP contribution < -0.4 is 10.1 Å². The summed E-state index contributed by atoms with van der Waals surface area (Å²) in [5.74, 6) is 1.77. The van der Waals surface area contributed by atoms with Crippen molar-refractivity contribution in [2.75, 3.05) is 11.1 Å². The zero-order valence-electron chi connectivity index (χ0n) is 19.2. The second kappa shape index (κ2) is 10.5. The number of anilines is 1. The third-order valence-corrected chi connectivity index (χ3v) is 6.56. The van der Waals surface area contributed by atoms with E-state index in [1.54, 1.807) is 0 Å². The number of ether oxygens (including phenoxy) is 1. The van der Waals surface area contributed by atoms with Crippen molar-refractivity contribution in [3.63, 3.8) is 0 Å². The number of carbonyl (C=O) groups is 1. The molecule has 1 heterocycles. The van der Waals surface area contributed by atoms with Gasteiger partial charge in [0.05, 0.1) is 5.75 Å². The topological polar surface area (TPSA) is 69.0 Å².